The van der Waals surface area contributed by atoms with Crippen molar-refractivity contribution in [3.05, 3.63) is 54.4 Å². The van der Waals surface area contributed by atoms with Crippen LogP contribution in [-0.2, 0) is 13.2 Å². The third-order valence-corrected chi connectivity index (χ3v) is 3.38. The standard InChI is InChI=1S/C16H12F3N3O2/c1-22-9-20-13-8-10(6-7-14(13)22)24-15(23)21-12-5-3-2-4-11(12)16(17,18)19/h2-9H,1H3,(H,21,23). The first-order valence-corrected chi connectivity index (χ1v) is 6.91. The molecule has 2 aromatic carbocycles. The number of rotatable bonds is 2. The van der Waals surface area contributed by atoms with E-state index in [4.69, 9.17) is 4.74 Å². The number of nitrogens with zero attached hydrogens (tertiary/aromatic N) is 2. The molecule has 0 aliphatic heterocycles. The fourth-order valence-corrected chi connectivity index (χ4v) is 2.26. The highest BCUT2D eigenvalue weighted by Gasteiger charge is 2.33. The van der Waals surface area contributed by atoms with Crippen LogP contribution < -0.4 is 10.1 Å². The number of ether oxygens (including phenoxy) is 1. The van der Waals surface area contributed by atoms with Crippen LogP contribution in [0.3, 0.4) is 0 Å². The molecule has 3 aromatic rings. The Bertz CT molecular complexity index is 903. The number of amides is 1. The SMILES string of the molecule is Cn1cnc2cc(OC(=O)Nc3ccccc3C(F)(F)F)ccc21. The second-order valence-corrected chi connectivity index (χ2v) is 5.06. The van der Waals surface area contributed by atoms with E-state index in [1.165, 1.54) is 18.2 Å². The average Bonchev–Trinajstić information content (AvgIpc) is 2.87. The molecule has 0 saturated carbocycles. The van der Waals surface area contributed by atoms with Gasteiger partial charge in [0.15, 0.2) is 0 Å². The zero-order valence-electron chi connectivity index (χ0n) is 12.5. The van der Waals surface area contributed by atoms with E-state index in [-0.39, 0.29) is 11.4 Å². The van der Waals surface area contributed by atoms with Crippen molar-refractivity contribution < 1.29 is 22.7 Å². The van der Waals surface area contributed by atoms with Crippen LogP contribution in [0.5, 0.6) is 5.75 Å². The summed E-state index contributed by atoms with van der Waals surface area (Å²) in [5.74, 6) is 0.184. The summed E-state index contributed by atoms with van der Waals surface area (Å²) in [5.41, 5.74) is 0.139. The third-order valence-electron chi connectivity index (χ3n) is 3.38. The van der Waals surface area contributed by atoms with Crippen LogP contribution in [0.25, 0.3) is 11.0 Å². The second-order valence-electron chi connectivity index (χ2n) is 5.06. The molecular weight excluding hydrogens is 323 g/mol. The Morgan fingerprint density at radius 3 is 2.71 bits per heavy atom. The molecule has 0 fully saturated rings. The van der Waals surface area contributed by atoms with Crippen molar-refractivity contribution in [1.82, 2.24) is 9.55 Å². The smallest absolute Gasteiger partial charge is 0.410 e. The number of hydrogen-bond donors (Lipinski definition) is 1. The highest BCUT2D eigenvalue weighted by atomic mass is 19.4. The summed E-state index contributed by atoms with van der Waals surface area (Å²) in [5, 5.41) is 2.11. The van der Waals surface area contributed by atoms with Gasteiger partial charge < -0.3 is 9.30 Å². The molecule has 8 heteroatoms. The number of fused-ring (bicyclic) bond motifs is 1. The Kier molecular flexibility index (Phi) is 3.88. The van der Waals surface area contributed by atoms with Gasteiger partial charge in [-0.1, -0.05) is 12.1 Å². The molecule has 0 bridgehead atoms. The van der Waals surface area contributed by atoms with Gasteiger partial charge in [-0.05, 0) is 24.3 Å². The number of imidazole rings is 1. The lowest BCUT2D eigenvalue weighted by atomic mass is 10.2. The molecule has 0 saturated heterocycles. The monoisotopic (exact) mass is 335 g/mol. The van der Waals surface area contributed by atoms with Gasteiger partial charge in [-0.3, -0.25) is 5.32 Å². The third kappa shape index (κ3) is 3.17. The van der Waals surface area contributed by atoms with Crippen molar-refractivity contribution in [3.8, 4) is 5.75 Å². The van der Waals surface area contributed by atoms with Crippen molar-refractivity contribution in [1.29, 1.82) is 0 Å². The van der Waals surface area contributed by atoms with Gasteiger partial charge in [0.05, 0.1) is 28.6 Å². The molecular formula is C16H12F3N3O2. The lowest BCUT2D eigenvalue weighted by molar-refractivity contribution is -0.136. The van der Waals surface area contributed by atoms with Crippen molar-refractivity contribution in [2.75, 3.05) is 5.32 Å². The number of benzene rings is 2. The number of hydrogen-bond acceptors (Lipinski definition) is 3. The first-order valence-electron chi connectivity index (χ1n) is 6.91. The minimum atomic E-state index is -4.57. The molecule has 124 valence electrons. The Balaban J connectivity index is 1.78. The summed E-state index contributed by atoms with van der Waals surface area (Å²) < 4.78 is 45.5. The lowest BCUT2D eigenvalue weighted by Gasteiger charge is -2.13. The van der Waals surface area contributed by atoms with Crippen molar-refractivity contribution in [2.24, 2.45) is 7.05 Å². The fraction of sp³-hybridized carbons (Fsp3) is 0.125. The van der Waals surface area contributed by atoms with Gasteiger partial charge in [-0.2, -0.15) is 13.2 Å². The molecule has 0 radical (unpaired) electrons. The Morgan fingerprint density at radius 2 is 1.96 bits per heavy atom. The van der Waals surface area contributed by atoms with E-state index in [2.05, 4.69) is 10.3 Å². The molecule has 1 aromatic heterocycles. The van der Waals surface area contributed by atoms with Crippen LogP contribution >= 0.6 is 0 Å². The first kappa shape index (κ1) is 15.9. The number of halogens is 3. The van der Waals surface area contributed by atoms with E-state index in [0.717, 1.165) is 17.6 Å². The molecule has 3 rings (SSSR count). The van der Waals surface area contributed by atoms with Crippen LogP contribution in [0, 0.1) is 0 Å². The maximum atomic E-state index is 12.9. The number of aryl methyl sites for hydroxylation is 1. The van der Waals surface area contributed by atoms with Gasteiger partial charge in [0.1, 0.15) is 5.75 Å². The maximum Gasteiger partial charge on any atom is 0.418 e. The second kappa shape index (κ2) is 5.88. The van der Waals surface area contributed by atoms with Gasteiger partial charge in [-0.25, -0.2) is 9.78 Å². The summed E-state index contributed by atoms with van der Waals surface area (Å²) in [6, 6.07) is 9.46. The van der Waals surface area contributed by atoms with Crippen molar-refractivity contribution in [2.45, 2.75) is 6.18 Å². The maximum absolute atomic E-state index is 12.9. The molecule has 0 unspecified atom stereocenters. The normalized spacial score (nSPS) is 11.5. The number of anilines is 1. The number of carbonyl (C=O) groups excluding carboxylic acids is 1. The van der Waals surface area contributed by atoms with Crippen LogP contribution in [0.15, 0.2) is 48.8 Å². The van der Waals surface area contributed by atoms with Crippen LogP contribution in [-0.4, -0.2) is 15.6 Å². The molecule has 0 atom stereocenters. The van der Waals surface area contributed by atoms with Crippen molar-refractivity contribution >= 4 is 22.8 Å². The first-order chi connectivity index (χ1) is 11.3. The Hall–Kier alpha value is -3.03. The van der Waals surface area contributed by atoms with Crippen LogP contribution in [0.4, 0.5) is 23.7 Å². The van der Waals surface area contributed by atoms with E-state index in [1.807, 2.05) is 7.05 Å². The molecule has 5 nitrogen and oxygen atoms in total. The minimum Gasteiger partial charge on any atom is -0.410 e. The number of aromatic nitrogens is 2. The van der Waals surface area contributed by atoms with E-state index in [1.54, 1.807) is 23.0 Å². The zero-order valence-corrected chi connectivity index (χ0v) is 12.5. The average molecular weight is 335 g/mol. The highest BCUT2D eigenvalue weighted by Crippen LogP contribution is 2.34. The molecule has 0 aliphatic rings. The van der Waals surface area contributed by atoms with Crippen molar-refractivity contribution in [3.63, 3.8) is 0 Å². The molecule has 0 spiro atoms. The topological polar surface area (TPSA) is 56.2 Å². The lowest BCUT2D eigenvalue weighted by Crippen LogP contribution is -2.19. The largest absolute Gasteiger partial charge is 0.418 e. The summed E-state index contributed by atoms with van der Waals surface area (Å²) in [7, 11) is 1.82. The fourth-order valence-electron chi connectivity index (χ4n) is 2.26. The Labute approximate surface area is 134 Å². The van der Waals surface area contributed by atoms with Gasteiger partial charge in [0, 0.05) is 13.1 Å². The van der Waals surface area contributed by atoms with E-state index in [9.17, 15) is 18.0 Å². The van der Waals surface area contributed by atoms with Crippen LogP contribution in [0.1, 0.15) is 5.56 Å². The molecule has 24 heavy (non-hydrogen) atoms. The predicted octanol–water partition coefficient (Wildman–Crippen LogP) is 4.20. The highest BCUT2D eigenvalue weighted by molar-refractivity contribution is 5.88. The summed E-state index contributed by atoms with van der Waals surface area (Å²) in [6.45, 7) is 0. The predicted molar refractivity (Wildman–Crippen MR) is 81.8 cm³/mol. The molecule has 1 amide bonds. The summed E-state index contributed by atoms with van der Waals surface area (Å²) in [4.78, 5) is 16.0. The van der Waals surface area contributed by atoms with E-state index >= 15 is 0 Å². The number of alkyl halides is 3. The number of para-hydroxylation sites is 1. The summed E-state index contributed by atoms with van der Waals surface area (Å²) >= 11 is 0. The van der Waals surface area contributed by atoms with Gasteiger partial charge in [0.2, 0.25) is 0 Å². The molecule has 1 N–H and O–H groups in total. The molecule has 1 heterocycles. The van der Waals surface area contributed by atoms with Gasteiger partial charge >= 0.3 is 12.3 Å². The number of carbonyl (C=O) groups is 1. The van der Waals surface area contributed by atoms with Crippen LogP contribution in [0.2, 0.25) is 0 Å². The minimum absolute atomic E-state index is 0.184. The van der Waals surface area contributed by atoms with Gasteiger partial charge in [0.25, 0.3) is 0 Å². The van der Waals surface area contributed by atoms with Gasteiger partial charge in [-0.15, -0.1) is 0 Å². The number of nitrogens with one attached hydrogen (secondary N) is 1. The quantitative estimate of drug-likeness (QED) is 0.763. The van der Waals surface area contributed by atoms with E-state index < -0.39 is 17.8 Å². The Morgan fingerprint density at radius 1 is 1.21 bits per heavy atom. The van der Waals surface area contributed by atoms with E-state index in [0.29, 0.717) is 5.52 Å². The summed E-state index contributed by atoms with van der Waals surface area (Å²) in [6.07, 6.45) is -3.98. The zero-order chi connectivity index (χ0) is 17.3. The molecule has 0 aliphatic carbocycles.